The minimum Gasteiger partial charge on any atom is -0.477 e. The Bertz CT molecular complexity index is 328. The van der Waals surface area contributed by atoms with Crippen LogP contribution in [0, 0.1) is 19.3 Å². The molecule has 0 fully saturated rings. The van der Waals surface area contributed by atoms with E-state index >= 15 is 0 Å². The molecule has 1 heterocycles. The van der Waals surface area contributed by atoms with Gasteiger partial charge in [0.2, 0.25) is 5.88 Å². The van der Waals surface area contributed by atoms with E-state index in [4.69, 9.17) is 14.9 Å². The number of ether oxygens (including phenoxy) is 1. The number of aliphatic hydroxyl groups is 2. The maximum atomic E-state index is 9.11. The molecule has 1 aromatic heterocycles. The van der Waals surface area contributed by atoms with E-state index in [9.17, 15) is 0 Å². The van der Waals surface area contributed by atoms with Crippen LogP contribution in [0.3, 0.4) is 0 Å². The summed E-state index contributed by atoms with van der Waals surface area (Å²) in [4.78, 5) is 4.22. The fourth-order valence-corrected chi connectivity index (χ4v) is 1.27. The van der Waals surface area contributed by atoms with Crippen LogP contribution in [-0.4, -0.2) is 35.0 Å². The molecular weight excluding hydrogens is 206 g/mol. The Labute approximate surface area is 95.9 Å². The maximum absolute atomic E-state index is 9.11. The Balaban J connectivity index is 2.67. The van der Waals surface area contributed by atoms with Gasteiger partial charge in [0.25, 0.3) is 0 Å². The third-order valence-electron chi connectivity index (χ3n) is 2.41. The van der Waals surface area contributed by atoms with Crippen LogP contribution in [0.15, 0.2) is 12.1 Å². The maximum Gasteiger partial charge on any atom is 0.213 e. The molecule has 1 rings (SSSR count). The quantitative estimate of drug-likeness (QED) is 0.786. The van der Waals surface area contributed by atoms with Gasteiger partial charge in [-0.2, -0.15) is 0 Å². The van der Waals surface area contributed by atoms with Crippen molar-refractivity contribution in [3.63, 3.8) is 0 Å². The SMILES string of the molecule is Cc1cc(C)nc(OCC(C)(CO)CO)c1. The largest absolute Gasteiger partial charge is 0.477 e. The first kappa shape index (κ1) is 12.9. The number of hydrogen-bond acceptors (Lipinski definition) is 4. The highest BCUT2D eigenvalue weighted by atomic mass is 16.5. The van der Waals surface area contributed by atoms with Crippen molar-refractivity contribution in [2.24, 2.45) is 5.41 Å². The summed E-state index contributed by atoms with van der Waals surface area (Å²) in [5, 5.41) is 18.2. The van der Waals surface area contributed by atoms with Gasteiger partial charge >= 0.3 is 0 Å². The molecule has 0 unspecified atom stereocenters. The normalized spacial score (nSPS) is 11.6. The summed E-state index contributed by atoms with van der Waals surface area (Å²) in [5.41, 5.74) is 1.35. The highest BCUT2D eigenvalue weighted by molar-refractivity contribution is 5.23. The Morgan fingerprint density at radius 2 is 1.88 bits per heavy atom. The molecular formula is C12H19NO3. The predicted molar refractivity (Wildman–Crippen MR) is 61.5 cm³/mol. The fraction of sp³-hybridized carbons (Fsp3) is 0.583. The summed E-state index contributed by atoms with van der Waals surface area (Å²) in [5.74, 6) is 0.533. The van der Waals surface area contributed by atoms with E-state index in [2.05, 4.69) is 4.98 Å². The smallest absolute Gasteiger partial charge is 0.213 e. The van der Waals surface area contributed by atoms with E-state index in [-0.39, 0.29) is 19.8 Å². The minimum atomic E-state index is -0.626. The molecule has 0 aliphatic rings. The Morgan fingerprint density at radius 3 is 2.38 bits per heavy atom. The molecule has 4 heteroatoms. The number of pyridine rings is 1. The van der Waals surface area contributed by atoms with E-state index in [1.165, 1.54) is 0 Å². The van der Waals surface area contributed by atoms with Crippen molar-refractivity contribution < 1.29 is 14.9 Å². The van der Waals surface area contributed by atoms with Gasteiger partial charge in [-0.25, -0.2) is 4.98 Å². The van der Waals surface area contributed by atoms with Gasteiger partial charge in [0, 0.05) is 17.2 Å². The monoisotopic (exact) mass is 225 g/mol. The summed E-state index contributed by atoms with van der Waals surface area (Å²) in [6.45, 7) is 5.64. The lowest BCUT2D eigenvalue weighted by atomic mass is 9.95. The zero-order valence-electron chi connectivity index (χ0n) is 10.0. The van der Waals surface area contributed by atoms with Gasteiger partial charge in [0.1, 0.15) is 0 Å². The van der Waals surface area contributed by atoms with Gasteiger partial charge in [-0.05, 0) is 25.5 Å². The summed E-state index contributed by atoms with van der Waals surface area (Å²) in [6.07, 6.45) is 0. The molecule has 16 heavy (non-hydrogen) atoms. The highest BCUT2D eigenvalue weighted by Crippen LogP contribution is 2.18. The summed E-state index contributed by atoms with van der Waals surface area (Å²) < 4.78 is 5.48. The second-order valence-electron chi connectivity index (χ2n) is 4.54. The van der Waals surface area contributed by atoms with E-state index in [1.807, 2.05) is 26.0 Å². The van der Waals surface area contributed by atoms with Gasteiger partial charge in [0.05, 0.1) is 19.8 Å². The molecule has 0 aromatic carbocycles. The standard InChI is InChI=1S/C12H19NO3/c1-9-4-10(2)13-11(5-9)16-8-12(3,6-14)7-15/h4-5,14-15H,6-8H2,1-3H3. The summed E-state index contributed by atoms with van der Waals surface area (Å²) in [7, 11) is 0. The number of aliphatic hydroxyl groups excluding tert-OH is 2. The van der Waals surface area contributed by atoms with Crippen molar-refractivity contribution in [2.45, 2.75) is 20.8 Å². The summed E-state index contributed by atoms with van der Waals surface area (Å²) >= 11 is 0. The lowest BCUT2D eigenvalue weighted by molar-refractivity contribution is 0.0273. The van der Waals surface area contributed by atoms with Crippen LogP contribution in [0.4, 0.5) is 0 Å². The van der Waals surface area contributed by atoms with Crippen molar-refractivity contribution in [3.05, 3.63) is 23.4 Å². The Kier molecular flexibility index (Phi) is 4.26. The molecule has 0 saturated carbocycles. The topological polar surface area (TPSA) is 62.6 Å². The van der Waals surface area contributed by atoms with Crippen molar-refractivity contribution in [2.75, 3.05) is 19.8 Å². The van der Waals surface area contributed by atoms with Crippen molar-refractivity contribution in [1.82, 2.24) is 4.98 Å². The molecule has 0 aliphatic heterocycles. The molecule has 0 bridgehead atoms. The number of nitrogens with zero attached hydrogens (tertiary/aromatic N) is 1. The Morgan fingerprint density at radius 1 is 1.25 bits per heavy atom. The zero-order chi connectivity index (χ0) is 12.2. The molecule has 0 aliphatic carbocycles. The molecule has 0 radical (unpaired) electrons. The van der Waals surface area contributed by atoms with Crippen LogP contribution >= 0.6 is 0 Å². The minimum absolute atomic E-state index is 0.117. The number of rotatable bonds is 5. The predicted octanol–water partition coefficient (Wildman–Crippen LogP) is 1.07. The lowest BCUT2D eigenvalue weighted by Gasteiger charge is -2.24. The van der Waals surface area contributed by atoms with Crippen molar-refractivity contribution in [1.29, 1.82) is 0 Å². The fourth-order valence-electron chi connectivity index (χ4n) is 1.27. The van der Waals surface area contributed by atoms with Gasteiger partial charge < -0.3 is 14.9 Å². The molecule has 90 valence electrons. The molecule has 4 nitrogen and oxygen atoms in total. The molecule has 0 atom stereocenters. The van der Waals surface area contributed by atoms with Crippen LogP contribution in [0.5, 0.6) is 5.88 Å². The molecule has 1 aromatic rings. The first-order chi connectivity index (χ1) is 7.49. The zero-order valence-corrected chi connectivity index (χ0v) is 10.0. The van der Waals surface area contributed by atoms with Gasteiger partial charge in [-0.1, -0.05) is 6.92 Å². The third kappa shape index (κ3) is 3.47. The molecule has 0 amide bonds. The van der Waals surface area contributed by atoms with Gasteiger partial charge in [-0.15, -0.1) is 0 Å². The summed E-state index contributed by atoms with van der Waals surface area (Å²) in [6, 6.07) is 3.80. The van der Waals surface area contributed by atoms with E-state index in [1.54, 1.807) is 6.92 Å². The van der Waals surface area contributed by atoms with Crippen LogP contribution in [-0.2, 0) is 0 Å². The van der Waals surface area contributed by atoms with Crippen molar-refractivity contribution >= 4 is 0 Å². The lowest BCUT2D eigenvalue weighted by Crippen LogP contribution is -2.33. The third-order valence-corrected chi connectivity index (χ3v) is 2.41. The second kappa shape index (κ2) is 5.27. The van der Waals surface area contributed by atoms with E-state index in [0.717, 1.165) is 11.3 Å². The van der Waals surface area contributed by atoms with E-state index < -0.39 is 5.41 Å². The van der Waals surface area contributed by atoms with Crippen LogP contribution in [0.25, 0.3) is 0 Å². The average molecular weight is 225 g/mol. The number of hydrogen-bond donors (Lipinski definition) is 2. The van der Waals surface area contributed by atoms with Crippen molar-refractivity contribution in [3.8, 4) is 5.88 Å². The van der Waals surface area contributed by atoms with Gasteiger partial charge in [-0.3, -0.25) is 0 Å². The molecule has 0 spiro atoms. The van der Waals surface area contributed by atoms with Crippen LogP contribution < -0.4 is 4.74 Å². The second-order valence-corrected chi connectivity index (χ2v) is 4.54. The number of aromatic nitrogens is 1. The average Bonchev–Trinajstić information content (AvgIpc) is 2.25. The first-order valence-electron chi connectivity index (χ1n) is 5.29. The van der Waals surface area contributed by atoms with E-state index in [0.29, 0.717) is 5.88 Å². The molecule has 2 N–H and O–H groups in total. The van der Waals surface area contributed by atoms with Gasteiger partial charge in [0.15, 0.2) is 0 Å². The molecule has 0 saturated heterocycles. The Hall–Kier alpha value is -1.13. The first-order valence-corrected chi connectivity index (χ1v) is 5.29. The van der Waals surface area contributed by atoms with Crippen LogP contribution in [0.2, 0.25) is 0 Å². The number of aryl methyl sites for hydroxylation is 2. The van der Waals surface area contributed by atoms with Crippen LogP contribution in [0.1, 0.15) is 18.2 Å². The highest BCUT2D eigenvalue weighted by Gasteiger charge is 2.23.